The van der Waals surface area contributed by atoms with Gasteiger partial charge in [0.1, 0.15) is 6.54 Å². The molecule has 1 heterocycles. The first kappa shape index (κ1) is 14.5. The third kappa shape index (κ3) is 3.56. The fourth-order valence-corrected chi connectivity index (χ4v) is 2.09. The van der Waals surface area contributed by atoms with Crippen LogP contribution in [0.2, 0.25) is 0 Å². The standard InChI is InChI=1S/C13H12IN3O3/c1-20-13(19)10-4-2-3-5-11(10)16-12(18)8-17-7-9(14)6-15-17/h2-7H,8H2,1H3,(H,16,18). The summed E-state index contributed by atoms with van der Waals surface area (Å²) >= 11 is 2.11. The first-order chi connectivity index (χ1) is 9.60. The van der Waals surface area contributed by atoms with E-state index in [1.165, 1.54) is 11.8 Å². The number of aromatic nitrogens is 2. The zero-order valence-electron chi connectivity index (χ0n) is 10.7. The van der Waals surface area contributed by atoms with Gasteiger partial charge in [-0.2, -0.15) is 5.10 Å². The smallest absolute Gasteiger partial charge is 0.339 e. The third-order valence-corrected chi connectivity index (χ3v) is 3.07. The molecule has 0 fully saturated rings. The maximum atomic E-state index is 11.9. The Bertz CT molecular complexity index is 639. The van der Waals surface area contributed by atoms with Crippen LogP contribution in [0.3, 0.4) is 0 Å². The SMILES string of the molecule is COC(=O)c1ccccc1NC(=O)Cn1cc(I)cn1. The maximum Gasteiger partial charge on any atom is 0.339 e. The molecule has 2 rings (SSSR count). The molecule has 0 aliphatic rings. The van der Waals surface area contributed by atoms with Gasteiger partial charge in [-0.25, -0.2) is 4.79 Å². The lowest BCUT2D eigenvalue weighted by Gasteiger charge is -2.09. The van der Waals surface area contributed by atoms with Gasteiger partial charge in [0.05, 0.1) is 28.1 Å². The summed E-state index contributed by atoms with van der Waals surface area (Å²) in [5.41, 5.74) is 0.740. The highest BCUT2D eigenvalue weighted by atomic mass is 127. The van der Waals surface area contributed by atoms with E-state index >= 15 is 0 Å². The molecule has 0 saturated carbocycles. The first-order valence-corrected chi connectivity index (χ1v) is 6.83. The van der Waals surface area contributed by atoms with Crippen molar-refractivity contribution in [1.29, 1.82) is 0 Å². The molecule has 20 heavy (non-hydrogen) atoms. The molecule has 0 saturated heterocycles. The van der Waals surface area contributed by atoms with E-state index in [2.05, 4.69) is 37.7 Å². The molecule has 1 N–H and O–H groups in total. The molecule has 0 aliphatic carbocycles. The fourth-order valence-electron chi connectivity index (χ4n) is 1.64. The number of amides is 1. The maximum absolute atomic E-state index is 11.9. The number of rotatable bonds is 4. The highest BCUT2D eigenvalue weighted by molar-refractivity contribution is 14.1. The largest absolute Gasteiger partial charge is 0.465 e. The van der Waals surface area contributed by atoms with Crippen molar-refractivity contribution in [3.63, 3.8) is 0 Å². The number of carbonyl (C=O) groups is 2. The second-order valence-corrected chi connectivity index (χ2v) is 5.19. The second kappa shape index (κ2) is 6.51. The van der Waals surface area contributed by atoms with Gasteiger partial charge in [-0.3, -0.25) is 9.48 Å². The van der Waals surface area contributed by atoms with Crippen LogP contribution in [-0.4, -0.2) is 28.8 Å². The number of hydrogen-bond donors (Lipinski definition) is 1. The number of halogens is 1. The van der Waals surface area contributed by atoms with Gasteiger partial charge in [-0.05, 0) is 34.7 Å². The van der Waals surface area contributed by atoms with Crippen molar-refractivity contribution in [3.05, 3.63) is 45.8 Å². The van der Waals surface area contributed by atoms with E-state index in [0.29, 0.717) is 11.3 Å². The van der Waals surface area contributed by atoms with Crippen molar-refractivity contribution >= 4 is 40.2 Å². The monoisotopic (exact) mass is 385 g/mol. The number of para-hydroxylation sites is 1. The quantitative estimate of drug-likeness (QED) is 0.645. The number of benzene rings is 1. The Morgan fingerprint density at radius 3 is 2.80 bits per heavy atom. The van der Waals surface area contributed by atoms with Crippen molar-refractivity contribution in [1.82, 2.24) is 9.78 Å². The Morgan fingerprint density at radius 1 is 1.40 bits per heavy atom. The lowest BCUT2D eigenvalue weighted by atomic mass is 10.2. The number of esters is 1. The van der Waals surface area contributed by atoms with Crippen LogP contribution in [-0.2, 0) is 16.1 Å². The number of methoxy groups -OCH3 is 1. The second-order valence-electron chi connectivity index (χ2n) is 3.94. The predicted octanol–water partition coefficient (Wildman–Crippen LogP) is 1.91. The van der Waals surface area contributed by atoms with Crippen LogP contribution in [0.25, 0.3) is 0 Å². The molecular weight excluding hydrogens is 373 g/mol. The Labute approximate surface area is 129 Å². The molecule has 2 aromatic rings. The van der Waals surface area contributed by atoms with Crippen LogP contribution >= 0.6 is 22.6 Å². The van der Waals surface area contributed by atoms with Gasteiger partial charge in [0.15, 0.2) is 0 Å². The van der Waals surface area contributed by atoms with Crippen LogP contribution in [0.15, 0.2) is 36.7 Å². The lowest BCUT2D eigenvalue weighted by Crippen LogP contribution is -2.20. The number of nitrogens with zero attached hydrogens (tertiary/aromatic N) is 2. The number of hydrogen-bond acceptors (Lipinski definition) is 4. The average molecular weight is 385 g/mol. The molecule has 0 atom stereocenters. The van der Waals surface area contributed by atoms with Gasteiger partial charge >= 0.3 is 5.97 Å². The first-order valence-electron chi connectivity index (χ1n) is 5.75. The van der Waals surface area contributed by atoms with Crippen LogP contribution in [0, 0.1) is 3.57 Å². The van der Waals surface area contributed by atoms with Gasteiger partial charge in [-0.1, -0.05) is 12.1 Å². The average Bonchev–Trinajstić information content (AvgIpc) is 2.83. The molecule has 104 valence electrons. The zero-order chi connectivity index (χ0) is 14.5. The Morgan fingerprint density at radius 2 is 2.15 bits per heavy atom. The Hall–Kier alpha value is -1.90. The number of nitrogens with one attached hydrogen (secondary N) is 1. The minimum Gasteiger partial charge on any atom is -0.465 e. The summed E-state index contributed by atoms with van der Waals surface area (Å²) in [4.78, 5) is 23.5. The van der Waals surface area contributed by atoms with Crippen molar-refractivity contribution in [2.75, 3.05) is 12.4 Å². The van der Waals surface area contributed by atoms with E-state index in [9.17, 15) is 9.59 Å². The van der Waals surface area contributed by atoms with Gasteiger partial charge in [0.2, 0.25) is 5.91 Å². The molecule has 1 aromatic carbocycles. The van der Waals surface area contributed by atoms with Crippen molar-refractivity contribution in [2.45, 2.75) is 6.54 Å². The number of ether oxygens (including phenoxy) is 1. The summed E-state index contributed by atoms with van der Waals surface area (Å²) in [6.45, 7) is 0.0819. The minimum absolute atomic E-state index is 0.0819. The summed E-state index contributed by atoms with van der Waals surface area (Å²) < 4.78 is 7.15. The van der Waals surface area contributed by atoms with Crippen LogP contribution in [0.4, 0.5) is 5.69 Å². The molecule has 0 aliphatic heterocycles. The minimum atomic E-state index is -0.491. The van der Waals surface area contributed by atoms with Crippen LogP contribution in [0.1, 0.15) is 10.4 Å². The Kier molecular flexibility index (Phi) is 4.72. The molecule has 6 nitrogen and oxygen atoms in total. The molecule has 0 radical (unpaired) electrons. The highest BCUT2D eigenvalue weighted by Crippen LogP contribution is 2.16. The fraction of sp³-hybridized carbons (Fsp3) is 0.154. The van der Waals surface area contributed by atoms with Crippen LogP contribution in [0.5, 0.6) is 0 Å². The van der Waals surface area contributed by atoms with Gasteiger partial charge in [0.25, 0.3) is 0 Å². The van der Waals surface area contributed by atoms with Crippen molar-refractivity contribution in [3.8, 4) is 0 Å². The third-order valence-electron chi connectivity index (χ3n) is 2.51. The summed E-state index contributed by atoms with van der Waals surface area (Å²) in [6.07, 6.45) is 3.42. The summed E-state index contributed by atoms with van der Waals surface area (Å²) in [5, 5.41) is 6.71. The predicted molar refractivity (Wildman–Crippen MR) is 81.4 cm³/mol. The summed E-state index contributed by atoms with van der Waals surface area (Å²) in [6, 6.07) is 6.69. The lowest BCUT2D eigenvalue weighted by molar-refractivity contribution is -0.116. The highest BCUT2D eigenvalue weighted by Gasteiger charge is 2.13. The number of anilines is 1. The molecule has 0 bridgehead atoms. The van der Waals surface area contributed by atoms with Crippen molar-refractivity contribution < 1.29 is 14.3 Å². The number of carbonyl (C=O) groups excluding carboxylic acids is 2. The van der Waals surface area contributed by atoms with E-state index in [-0.39, 0.29) is 12.5 Å². The summed E-state index contributed by atoms with van der Waals surface area (Å²) in [7, 11) is 1.30. The molecule has 1 amide bonds. The van der Waals surface area contributed by atoms with Gasteiger partial charge < -0.3 is 10.1 Å². The van der Waals surface area contributed by atoms with Gasteiger partial charge in [0, 0.05) is 6.20 Å². The Balaban J connectivity index is 2.10. The van der Waals surface area contributed by atoms with E-state index in [4.69, 9.17) is 0 Å². The molecule has 0 spiro atoms. The normalized spacial score (nSPS) is 10.1. The molecule has 1 aromatic heterocycles. The van der Waals surface area contributed by atoms with Crippen molar-refractivity contribution in [2.24, 2.45) is 0 Å². The van der Waals surface area contributed by atoms with E-state index in [1.807, 2.05) is 0 Å². The topological polar surface area (TPSA) is 73.2 Å². The molecule has 7 heteroatoms. The summed E-state index contributed by atoms with van der Waals surface area (Å²) in [5.74, 6) is -0.754. The molecule has 0 unspecified atom stereocenters. The van der Waals surface area contributed by atoms with Crippen LogP contribution < -0.4 is 5.32 Å². The van der Waals surface area contributed by atoms with E-state index < -0.39 is 5.97 Å². The van der Waals surface area contributed by atoms with Gasteiger partial charge in [-0.15, -0.1) is 0 Å². The van der Waals surface area contributed by atoms with E-state index in [1.54, 1.807) is 36.7 Å². The van der Waals surface area contributed by atoms with E-state index in [0.717, 1.165) is 3.57 Å². The zero-order valence-corrected chi connectivity index (χ0v) is 12.8. The molecular formula is C13H12IN3O3.